The summed E-state index contributed by atoms with van der Waals surface area (Å²) in [6.45, 7) is 13.4. The Bertz CT molecular complexity index is 391. The van der Waals surface area contributed by atoms with Gasteiger partial charge in [0.25, 0.3) is 0 Å². The van der Waals surface area contributed by atoms with Crippen molar-refractivity contribution in [1.82, 2.24) is 0 Å². The maximum absolute atomic E-state index is 9.49. The zero-order valence-electron chi connectivity index (χ0n) is 19.9. The molecular weight excluding hydrogens is 362 g/mol. The second kappa shape index (κ2) is 15.6. The molecule has 0 aromatic heterocycles. The lowest BCUT2D eigenvalue weighted by Crippen LogP contribution is -2.49. The Morgan fingerprint density at radius 2 is 1.36 bits per heavy atom. The van der Waals surface area contributed by atoms with Gasteiger partial charge in [0, 0.05) is 0 Å². The van der Waals surface area contributed by atoms with Crippen LogP contribution < -0.4 is 5.73 Å². The largest absolute Gasteiger partial charge is 0.409 e. The predicted octanol–water partition coefficient (Wildman–Crippen LogP) is 6.95. The van der Waals surface area contributed by atoms with E-state index in [0.717, 1.165) is 6.42 Å². The maximum atomic E-state index is 9.49. The number of aliphatic hydroxyl groups is 1. The molecule has 0 bridgehead atoms. The Balaban J connectivity index is 3.99. The van der Waals surface area contributed by atoms with Gasteiger partial charge in [0.05, 0.1) is 18.8 Å². The van der Waals surface area contributed by atoms with Crippen molar-refractivity contribution in [2.24, 2.45) is 5.73 Å². The molecule has 2 unspecified atom stereocenters. The SMILES string of the molecule is CCCCCCCCCCCCCC=CC(O[Si](C)(C)C(C)(C)C)C(N)CO. The summed E-state index contributed by atoms with van der Waals surface area (Å²) < 4.78 is 6.43. The van der Waals surface area contributed by atoms with Gasteiger partial charge in [-0.3, -0.25) is 0 Å². The van der Waals surface area contributed by atoms with Gasteiger partial charge in [0.2, 0.25) is 0 Å². The molecule has 28 heavy (non-hydrogen) atoms. The Morgan fingerprint density at radius 3 is 1.79 bits per heavy atom. The summed E-state index contributed by atoms with van der Waals surface area (Å²) in [7, 11) is -1.89. The molecule has 0 rings (SSSR count). The Kier molecular flexibility index (Phi) is 15.6. The molecule has 0 heterocycles. The van der Waals surface area contributed by atoms with Crippen LogP contribution in [0.4, 0.5) is 0 Å². The monoisotopic (exact) mass is 413 g/mol. The van der Waals surface area contributed by atoms with Crippen LogP contribution in [0.1, 0.15) is 105 Å². The van der Waals surface area contributed by atoms with Gasteiger partial charge in [-0.1, -0.05) is 104 Å². The van der Waals surface area contributed by atoms with Crippen molar-refractivity contribution >= 4 is 8.32 Å². The topological polar surface area (TPSA) is 55.5 Å². The standard InChI is InChI=1S/C24H51NO2Si/c1-7-8-9-10-11-12-13-14-15-16-17-18-19-20-23(22(25)21-26)27-28(5,6)24(2,3)4/h19-20,22-23,26H,7-18,21,25H2,1-6H3. The van der Waals surface area contributed by atoms with Crippen molar-refractivity contribution in [3.63, 3.8) is 0 Å². The summed E-state index contributed by atoms with van der Waals surface area (Å²) in [4.78, 5) is 0. The van der Waals surface area contributed by atoms with Gasteiger partial charge in [-0.05, 0) is 31.0 Å². The summed E-state index contributed by atoms with van der Waals surface area (Å²) >= 11 is 0. The summed E-state index contributed by atoms with van der Waals surface area (Å²) in [6, 6.07) is -0.345. The average Bonchev–Trinajstić information content (AvgIpc) is 2.62. The number of nitrogens with two attached hydrogens (primary N) is 1. The normalized spacial score (nSPS) is 15.3. The number of allylic oxidation sites excluding steroid dienone is 1. The fourth-order valence-corrected chi connectivity index (χ4v) is 4.33. The van der Waals surface area contributed by atoms with E-state index in [-0.39, 0.29) is 23.8 Å². The molecule has 0 amide bonds. The summed E-state index contributed by atoms with van der Waals surface area (Å²) in [6.07, 6.45) is 20.3. The first-order valence-corrected chi connectivity index (χ1v) is 14.8. The van der Waals surface area contributed by atoms with E-state index in [2.05, 4.69) is 52.9 Å². The van der Waals surface area contributed by atoms with Crippen LogP contribution >= 0.6 is 0 Å². The molecule has 2 atom stereocenters. The van der Waals surface area contributed by atoms with Crippen molar-refractivity contribution in [2.45, 2.75) is 135 Å². The van der Waals surface area contributed by atoms with Crippen LogP contribution in [0, 0.1) is 0 Å². The van der Waals surface area contributed by atoms with E-state index in [1.165, 1.54) is 70.6 Å². The zero-order valence-corrected chi connectivity index (χ0v) is 20.9. The first-order chi connectivity index (χ1) is 13.2. The van der Waals surface area contributed by atoms with Gasteiger partial charge < -0.3 is 15.3 Å². The van der Waals surface area contributed by atoms with Crippen LogP contribution in [-0.4, -0.2) is 32.2 Å². The summed E-state index contributed by atoms with van der Waals surface area (Å²) in [5.41, 5.74) is 6.11. The molecule has 4 heteroatoms. The molecule has 0 radical (unpaired) electrons. The minimum absolute atomic E-state index is 0.0396. The molecule has 0 fully saturated rings. The first kappa shape index (κ1) is 27.8. The molecule has 0 aromatic rings. The van der Waals surface area contributed by atoms with E-state index in [9.17, 15) is 5.11 Å². The van der Waals surface area contributed by atoms with E-state index >= 15 is 0 Å². The smallest absolute Gasteiger partial charge is 0.192 e. The molecule has 0 saturated carbocycles. The Hall–Kier alpha value is -0.163. The van der Waals surface area contributed by atoms with Crippen LogP contribution in [0.3, 0.4) is 0 Å². The van der Waals surface area contributed by atoms with Crippen LogP contribution in [0.15, 0.2) is 12.2 Å². The fourth-order valence-electron chi connectivity index (χ4n) is 3.05. The number of hydrogen-bond acceptors (Lipinski definition) is 3. The second-order valence-electron chi connectivity index (χ2n) is 9.94. The summed E-state index contributed by atoms with van der Waals surface area (Å²) in [5.74, 6) is 0. The third-order valence-electron chi connectivity index (χ3n) is 6.17. The van der Waals surface area contributed by atoms with E-state index in [1.54, 1.807) is 0 Å². The molecule has 0 aliphatic carbocycles. The van der Waals surface area contributed by atoms with E-state index in [0.29, 0.717) is 0 Å². The number of unbranched alkanes of at least 4 members (excludes halogenated alkanes) is 11. The van der Waals surface area contributed by atoms with Crippen molar-refractivity contribution in [3.8, 4) is 0 Å². The van der Waals surface area contributed by atoms with Gasteiger partial charge in [0.1, 0.15) is 0 Å². The van der Waals surface area contributed by atoms with Crippen molar-refractivity contribution in [1.29, 1.82) is 0 Å². The van der Waals surface area contributed by atoms with E-state index in [4.69, 9.17) is 10.2 Å². The predicted molar refractivity (Wildman–Crippen MR) is 127 cm³/mol. The molecule has 0 aliphatic heterocycles. The van der Waals surface area contributed by atoms with Gasteiger partial charge >= 0.3 is 0 Å². The molecule has 0 saturated heterocycles. The van der Waals surface area contributed by atoms with E-state index in [1.807, 2.05) is 0 Å². The number of rotatable bonds is 17. The maximum Gasteiger partial charge on any atom is 0.192 e. The third kappa shape index (κ3) is 13.1. The highest BCUT2D eigenvalue weighted by Crippen LogP contribution is 2.37. The average molecular weight is 414 g/mol. The van der Waals surface area contributed by atoms with Gasteiger partial charge in [-0.25, -0.2) is 0 Å². The molecular formula is C24H51NO2Si. The van der Waals surface area contributed by atoms with Crippen molar-refractivity contribution in [3.05, 3.63) is 12.2 Å². The number of hydrogen-bond donors (Lipinski definition) is 2. The lowest BCUT2D eigenvalue weighted by molar-refractivity contribution is 0.149. The lowest BCUT2D eigenvalue weighted by atomic mass is 10.0. The molecule has 3 N–H and O–H groups in total. The number of aliphatic hydroxyl groups excluding tert-OH is 1. The van der Waals surface area contributed by atoms with Crippen LogP contribution in [0.2, 0.25) is 18.1 Å². The van der Waals surface area contributed by atoms with Gasteiger partial charge in [-0.2, -0.15) is 0 Å². The molecule has 3 nitrogen and oxygen atoms in total. The molecule has 168 valence electrons. The molecule has 0 aliphatic rings. The fraction of sp³-hybridized carbons (Fsp3) is 0.917. The third-order valence-corrected chi connectivity index (χ3v) is 10.6. The highest BCUT2D eigenvalue weighted by atomic mass is 28.4. The highest BCUT2D eigenvalue weighted by molar-refractivity contribution is 6.74. The highest BCUT2D eigenvalue weighted by Gasteiger charge is 2.39. The lowest BCUT2D eigenvalue weighted by Gasteiger charge is -2.39. The van der Waals surface area contributed by atoms with Crippen LogP contribution in [0.25, 0.3) is 0 Å². The van der Waals surface area contributed by atoms with Crippen LogP contribution in [0.5, 0.6) is 0 Å². The van der Waals surface area contributed by atoms with E-state index < -0.39 is 8.32 Å². The summed E-state index contributed by atoms with van der Waals surface area (Å²) in [5, 5.41) is 9.63. The second-order valence-corrected chi connectivity index (χ2v) is 14.7. The quantitative estimate of drug-likeness (QED) is 0.154. The zero-order chi connectivity index (χ0) is 21.5. The van der Waals surface area contributed by atoms with Gasteiger partial charge in [-0.15, -0.1) is 0 Å². The minimum atomic E-state index is -1.89. The van der Waals surface area contributed by atoms with Crippen molar-refractivity contribution in [2.75, 3.05) is 6.61 Å². The molecule has 0 aromatic carbocycles. The Labute approximate surface area is 177 Å². The van der Waals surface area contributed by atoms with Crippen LogP contribution in [-0.2, 0) is 4.43 Å². The first-order valence-electron chi connectivity index (χ1n) is 11.9. The Morgan fingerprint density at radius 1 is 0.893 bits per heavy atom. The molecule has 0 spiro atoms. The van der Waals surface area contributed by atoms with Gasteiger partial charge in [0.15, 0.2) is 8.32 Å². The minimum Gasteiger partial charge on any atom is -0.409 e. The van der Waals surface area contributed by atoms with Crippen molar-refractivity contribution < 1.29 is 9.53 Å².